The zero-order chi connectivity index (χ0) is 9.97. The maximum Gasteiger partial charge on any atom is 0.150 e. The second kappa shape index (κ2) is 3.76. The van der Waals surface area contributed by atoms with E-state index in [1.165, 1.54) is 5.56 Å². The Morgan fingerprint density at radius 1 is 1.29 bits per heavy atom. The van der Waals surface area contributed by atoms with Crippen LogP contribution in [0.5, 0.6) is 0 Å². The largest absolute Gasteiger partial charge is 0.298 e. The number of carbonyl (C=O) groups excluding carboxylic acids is 1. The lowest BCUT2D eigenvalue weighted by Gasteiger charge is -1.99. The molecule has 1 aromatic heterocycles. The number of aryl methyl sites for hydroxylation is 1. The first-order valence-electron chi connectivity index (χ1n) is 4.41. The Kier molecular flexibility index (Phi) is 2.46. The van der Waals surface area contributed by atoms with Crippen LogP contribution in [0.1, 0.15) is 15.9 Å². The molecule has 0 unspecified atom stereocenters. The molecule has 2 heteroatoms. The van der Waals surface area contributed by atoms with Crippen LogP contribution < -0.4 is 0 Å². The summed E-state index contributed by atoms with van der Waals surface area (Å²) in [6, 6.07) is 9.77. The molecule has 0 fully saturated rings. The molecule has 2 rings (SSSR count). The van der Waals surface area contributed by atoms with Gasteiger partial charge >= 0.3 is 0 Å². The summed E-state index contributed by atoms with van der Waals surface area (Å²) in [5.74, 6) is 0. The van der Waals surface area contributed by atoms with Gasteiger partial charge in [-0.15, -0.1) is 11.3 Å². The van der Waals surface area contributed by atoms with Crippen molar-refractivity contribution in [2.75, 3.05) is 0 Å². The van der Waals surface area contributed by atoms with E-state index in [4.69, 9.17) is 0 Å². The minimum Gasteiger partial charge on any atom is -0.298 e. The van der Waals surface area contributed by atoms with Crippen LogP contribution >= 0.6 is 11.3 Å². The average Bonchev–Trinajstić information content (AvgIpc) is 2.65. The van der Waals surface area contributed by atoms with E-state index in [9.17, 15) is 4.79 Å². The molecule has 0 aliphatic rings. The van der Waals surface area contributed by atoms with E-state index in [1.54, 1.807) is 11.3 Å². The summed E-state index contributed by atoms with van der Waals surface area (Å²) in [5, 5.41) is 2.09. The number of carbonyl (C=O) groups is 1. The summed E-state index contributed by atoms with van der Waals surface area (Å²) in [4.78, 5) is 12.0. The van der Waals surface area contributed by atoms with Gasteiger partial charge in [-0.2, -0.15) is 0 Å². The Bertz CT molecular complexity index is 457. The summed E-state index contributed by atoms with van der Waals surface area (Å²) >= 11 is 1.67. The van der Waals surface area contributed by atoms with Gasteiger partial charge in [0, 0.05) is 16.0 Å². The van der Waals surface area contributed by atoms with Gasteiger partial charge in [0.25, 0.3) is 0 Å². The lowest BCUT2D eigenvalue weighted by molar-refractivity contribution is 0.112. The van der Waals surface area contributed by atoms with Crippen molar-refractivity contribution in [3.05, 3.63) is 46.8 Å². The van der Waals surface area contributed by atoms with Crippen molar-refractivity contribution in [2.24, 2.45) is 0 Å². The molecule has 0 atom stereocenters. The van der Waals surface area contributed by atoms with Crippen LogP contribution in [0, 0.1) is 6.92 Å². The highest BCUT2D eigenvalue weighted by molar-refractivity contribution is 7.13. The topological polar surface area (TPSA) is 17.1 Å². The standard InChI is InChI=1S/C12H10OS/c1-9-6-12(14-8-9)11-5-3-2-4-10(11)7-13/h2-8H,1H3. The highest BCUT2D eigenvalue weighted by Gasteiger charge is 2.04. The van der Waals surface area contributed by atoms with Crippen molar-refractivity contribution in [2.45, 2.75) is 6.92 Å². The van der Waals surface area contributed by atoms with E-state index in [1.807, 2.05) is 24.3 Å². The fourth-order valence-electron chi connectivity index (χ4n) is 1.40. The third kappa shape index (κ3) is 1.61. The number of hydrogen-bond donors (Lipinski definition) is 0. The van der Waals surface area contributed by atoms with E-state index in [0.717, 1.165) is 22.3 Å². The Balaban J connectivity index is 2.55. The molecule has 1 heterocycles. The number of hydrogen-bond acceptors (Lipinski definition) is 2. The van der Waals surface area contributed by atoms with Gasteiger partial charge in [-0.05, 0) is 23.9 Å². The van der Waals surface area contributed by atoms with E-state index < -0.39 is 0 Å². The summed E-state index contributed by atoms with van der Waals surface area (Å²) in [5.41, 5.74) is 3.03. The van der Waals surface area contributed by atoms with Crippen LogP contribution in [0.3, 0.4) is 0 Å². The molecule has 0 amide bonds. The van der Waals surface area contributed by atoms with Gasteiger partial charge in [-0.25, -0.2) is 0 Å². The zero-order valence-electron chi connectivity index (χ0n) is 7.86. The fourth-order valence-corrected chi connectivity index (χ4v) is 2.34. The number of benzene rings is 1. The smallest absolute Gasteiger partial charge is 0.150 e. The Morgan fingerprint density at radius 2 is 2.07 bits per heavy atom. The molecule has 0 saturated carbocycles. The molecule has 0 radical (unpaired) electrons. The van der Waals surface area contributed by atoms with Crippen molar-refractivity contribution in [3.63, 3.8) is 0 Å². The molecule has 0 bridgehead atoms. The molecule has 1 aromatic carbocycles. The van der Waals surface area contributed by atoms with Gasteiger partial charge in [0.15, 0.2) is 6.29 Å². The lowest BCUT2D eigenvalue weighted by atomic mass is 10.1. The highest BCUT2D eigenvalue weighted by Crippen LogP contribution is 2.28. The van der Waals surface area contributed by atoms with Crippen molar-refractivity contribution in [1.29, 1.82) is 0 Å². The minimum absolute atomic E-state index is 0.759. The molecule has 70 valence electrons. The molecule has 0 aliphatic heterocycles. The lowest BCUT2D eigenvalue weighted by Crippen LogP contribution is -1.83. The summed E-state index contributed by atoms with van der Waals surface area (Å²) in [6.07, 6.45) is 0.907. The third-order valence-corrected chi connectivity index (χ3v) is 3.17. The van der Waals surface area contributed by atoms with E-state index in [-0.39, 0.29) is 0 Å². The van der Waals surface area contributed by atoms with Gasteiger partial charge in [0.2, 0.25) is 0 Å². The summed E-state index contributed by atoms with van der Waals surface area (Å²) in [6.45, 7) is 2.06. The molecule has 0 aliphatic carbocycles. The third-order valence-electron chi connectivity index (χ3n) is 2.08. The van der Waals surface area contributed by atoms with Gasteiger partial charge in [-0.3, -0.25) is 4.79 Å². The monoisotopic (exact) mass is 202 g/mol. The summed E-state index contributed by atoms with van der Waals surface area (Å²) in [7, 11) is 0. The average molecular weight is 202 g/mol. The number of rotatable bonds is 2. The molecule has 0 spiro atoms. The maximum absolute atomic E-state index is 10.8. The number of thiophene rings is 1. The van der Waals surface area contributed by atoms with Crippen molar-refractivity contribution < 1.29 is 4.79 Å². The van der Waals surface area contributed by atoms with Crippen molar-refractivity contribution >= 4 is 17.6 Å². The van der Waals surface area contributed by atoms with Crippen LogP contribution in [0.15, 0.2) is 35.7 Å². The van der Waals surface area contributed by atoms with Gasteiger partial charge in [0.05, 0.1) is 0 Å². The van der Waals surface area contributed by atoms with Crippen LogP contribution in [0.4, 0.5) is 0 Å². The maximum atomic E-state index is 10.8. The molecule has 0 N–H and O–H groups in total. The van der Waals surface area contributed by atoms with Crippen LogP contribution in [0.2, 0.25) is 0 Å². The van der Waals surface area contributed by atoms with Crippen molar-refractivity contribution in [3.8, 4) is 10.4 Å². The predicted molar refractivity (Wildman–Crippen MR) is 59.9 cm³/mol. The molecule has 2 aromatic rings. The van der Waals surface area contributed by atoms with E-state index in [0.29, 0.717) is 0 Å². The molecule has 1 nitrogen and oxygen atoms in total. The first-order valence-corrected chi connectivity index (χ1v) is 5.29. The molecule has 0 saturated heterocycles. The second-order valence-corrected chi connectivity index (χ2v) is 4.10. The molecular weight excluding hydrogens is 192 g/mol. The first kappa shape index (κ1) is 9.16. The summed E-state index contributed by atoms with van der Waals surface area (Å²) < 4.78 is 0. The molecular formula is C12H10OS. The quantitative estimate of drug-likeness (QED) is 0.681. The normalized spacial score (nSPS) is 10.1. The van der Waals surface area contributed by atoms with Gasteiger partial charge < -0.3 is 0 Å². The van der Waals surface area contributed by atoms with E-state index >= 15 is 0 Å². The van der Waals surface area contributed by atoms with E-state index in [2.05, 4.69) is 18.4 Å². The Morgan fingerprint density at radius 3 is 2.71 bits per heavy atom. The fraction of sp³-hybridized carbons (Fsp3) is 0.0833. The molecule has 14 heavy (non-hydrogen) atoms. The predicted octanol–water partition coefficient (Wildman–Crippen LogP) is 3.54. The number of aldehydes is 1. The first-order chi connectivity index (χ1) is 6.81. The Labute approximate surface area is 87.0 Å². The minimum atomic E-state index is 0.759. The van der Waals surface area contributed by atoms with Crippen molar-refractivity contribution in [1.82, 2.24) is 0 Å². The van der Waals surface area contributed by atoms with Crippen LogP contribution in [0.25, 0.3) is 10.4 Å². The highest BCUT2D eigenvalue weighted by atomic mass is 32.1. The zero-order valence-corrected chi connectivity index (χ0v) is 8.67. The Hall–Kier alpha value is -1.41. The van der Waals surface area contributed by atoms with Crippen LogP contribution in [-0.4, -0.2) is 6.29 Å². The van der Waals surface area contributed by atoms with Crippen LogP contribution in [-0.2, 0) is 0 Å². The van der Waals surface area contributed by atoms with Gasteiger partial charge in [-0.1, -0.05) is 24.3 Å². The van der Waals surface area contributed by atoms with Gasteiger partial charge in [0.1, 0.15) is 0 Å². The second-order valence-electron chi connectivity index (χ2n) is 3.19. The SMILES string of the molecule is Cc1csc(-c2ccccc2C=O)c1.